The summed E-state index contributed by atoms with van der Waals surface area (Å²) in [7, 11) is 0. The minimum atomic E-state index is 0.746. The molecule has 1 aromatic heterocycles. The molecule has 0 bridgehead atoms. The smallest absolute Gasteiger partial charge is 0.131 e. The minimum absolute atomic E-state index is 0.746. The summed E-state index contributed by atoms with van der Waals surface area (Å²) in [6, 6.07) is 0.770. The van der Waals surface area contributed by atoms with Crippen molar-refractivity contribution in [3.8, 4) is 0 Å². The Kier molecular flexibility index (Phi) is 2.09. The standard InChI is InChI=1S/C12H17N3S/c1-2-10(1)13-6-11-14-15-12(16-11)9-4-7-3-8(7)5-9/h7-10,13H,1-6H2. The van der Waals surface area contributed by atoms with Gasteiger partial charge in [0, 0.05) is 18.5 Å². The Labute approximate surface area is 99.7 Å². The van der Waals surface area contributed by atoms with Crippen LogP contribution in [0.15, 0.2) is 0 Å². The van der Waals surface area contributed by atoms with Crippen LogP contribution in [-0.4, -0.2) is 16.2 Å². The molecule has 0 amide bonds. The van der Waals surface area contributed by atoms with Gasteiger partial charge in [0.15, 0.2) is 0 Å². The maximum atomic E-state index is 4.38. The third-order valence-electron chi connectivity index (χ3n) is 4.19. The highest BCUT2D eigenvalue weighted by Crippen LogP contribution is 2.57. The van der Waals surface area contributed by atoms with E-state index < -0.39 is 0 Å². The normalized spacial score (nSPS) is 36.4. The van der Waals surface area contributed by atoms with E-state index in [0.717, 1.165) is 30.3 Å². The van der Waals surface area contributed by atoms with Crippen LogP contribution in [-0.2, 0) is 6.54 Å². The van der Waals surface area contributed by atoms with Crippen molar-refractivity contribution in [2.24, 2.45) is 11.8 Å². The molecular weight excluding hydrogens is 218 g/mol. The molecule has 1 N–H and O–H groups in total. The third-order valence-corrected chi connectivity index (χ3v) is 5.28. The Bertz CT molecular complexity index is 389. The molecule has 16 heavy (non-hydrogen) atoms. The van der Waals surface area contributed by atoms with E-state index in [1.165, 1.54) is 42.1 Å². The monoisotopic (exact) mass is 235 g/mol. The Morgan fingerprint density at radius 2 is 1.94 bits per heavy atom. The van der Waals surface area contributed by atoms with Crippen LogP contribution in [0.3, 0.4) is 0 Å². The molecular formula is C12H17N3S. The van der Waals surface area contributed by atoms with Gasteiger partial charge in [-0.25, -0.2) is 0 Å². The molecule has 1 aromatic rings. The highest BCUT2D eigenvalue weighted by molar-refractivity contribution is 7.11. The number of nitrogens with one attached hydrogen (secondary N) is 1. The number of fused-ring (bicyclic) bond motifs is 1. The largest absolute Gasteiger partial charge is 0.308 e. The predicted molar refractivity (Wildman–Crippen MR) is 63.3 cm³/mol. The second-order valence-electron chi connectivity index (χ2n) is 5.61. The summed E-state index contributed by atoms with van der Waals surface area (Å²) in [5.74, 6) is 2.83. The fourth-order valence-electron chi connectivity index (χ4n) is 2.94. The van der Waals surface area contributed by atoms with Gasteiger partial charge in [-0.1, -0.05) is 11.3 Å². The molecule has 4 rings (SSSR count). The molecule has 0 radical (unpaired) electrons. The van der Waals surface area contributed by atoms with E-state index in [4.69, 9.17) is 0 Å². The van der Waals surface area contributed by atoms with E-state index >= 15 is 0 Å². The second-order valence-corrected chi connectivity index (χ2v) is 6.71. The molecule has 0 saturated heterocycles. The van der Waals surface area contributed by atoms with Gasteiger partial charge >= 0.3 is 0 Å². The number of hydrogen-bond donors (Lipinski definition) is 1. The van der Waals surface area contributed by atoms with Gasteiger partial charge in [0.1, 0.15) is 10.0 Å². The van der Waals surface area contributed by atoms with E-state index in [-0.39, 0.29) is 0 Å². The summed E-state index contributed by atoms with van der Waals surface area (Å²) >= 11 is 1.84. The summed E-state index contributed by atoms with van der Waals surface area (Å²) in [6.07, 6.45) is 6.95. The van der Waals surface area contributed by atoms with Crippen LogP contribution in [0.2, 0.25) is 0 Å². The van der Waals surface area contributed by atoms with Crippen LogP contribution in [0.4, 0.5) is 0 Å². The molecule has 3 aliphatic carbocycles. The van der Waals surface area contributed by atoms with Crippen molar-refractivity contribution in [1.82, 2.24) is 15.5 Å². The van der Waals surface area contributed by atoms with E-state index in [1.54, 1.807) is 0 Å². The van der Waals surface area contributed by atoms with Crippen LogP contribution >= 0.6 is 11.3 Å². The summed E-state index contributed by atoms with van der Waals surface area (Å²) in [5.41, 5.74) is 0. The molecule has 0 aromatic carbocycles. The minimum Gasteiger partial charge on any atom is -0.308 e. The van der Waals surface area contributed by atoms with E-state index in [2.05, 4.69) is 15.5 Å². The molecule has 2 atom stereocenters. The molecule has 3 aliphatic rings. The molecule has 3 nitrogen and oxygen atoms in total. The zero-order valence-corrected chi connectivity index (χ0v) is 10.2. The highest BCUT2D eigenvalue weighted by Gasteiger charge is 2.47. The van der Waals surface area contributed by atoms with Crippen molar-refractivity contribution in [2.75, 3.05) is 0 Å². The summed E-state index contributed by atoms with van der Waals surface area (Å²) in [4.78, 5) is 0. The Morgan fingerprint density at radius 3 is 2.69 bits per heavy atom. The summed E-state index contributed by atoms with van der Waals surface area (Å²) in [5, 5.41) is 14.7. The zero-order valence-electron chi connectivity index (χ0n) is 9.35. The lowest BCUT2D eigenvalue weighted by molar-refractivity contribution is 0.613. The molecule has 1 heterocycles. The molecule has 2 unspecified atom stereocenters. The van der Waals surface area contributed by atoms with Crippen molar-refractivity contribution in [2.45, 2.75) is 50.6 Å². The first-order valence-electron chi connectivity index (χ1n) is 6.44. The van der Waals surface area contributed by atoms with Gasteiger partial charge in [-0.05, 0) is 43.9 Å². The average molecular weight is 235 g/mol. The van der Waals surface area contributed by atoms with E-state index in [0.29, 0.717) is 0 Å². The van der Waals surface area contributed by atoms with Crippen LogP contribution in [0.5, 0.6) is 0 Å². The Hall–Kier alpha value is -0.480. The second kappa shape index (κ2) is 3.50. The lowest BCUT2D eigenvalue weighted by Gasteiger charge is -2.05. The van der Waals surface area contributed by atoms with Crippen molar-refractivity contribution in [1.29, 1.82) is 0 Å². The first-order valence-corrected chi connectivity index (χ1v) is 7.26. The number of rotatable bonds is 4. The topological polar surface area (TPSA) is 37.8 Å². The predicted octanol–water partition coefficient (Wildman–Crippen LogP) is 2.30. The van der Waals surface area contributed by atoms with Crippen LogP contribution in [0.1, 0.15) is 48.0 Å². The first kappa shape index (κ1) is 9.54. The lowest BCUT2D eigenvalue weighted by Crippen LogP contribution is -2.14. The van der Waals surface area contributed by atoms with Crippen LogP contribution in [0, 0.1) is 11.8 Å². The summed E-state index contributed by atoms with van der Waals surface area (Å²) in [6.45, 7) is 0.932. The first-order chi connectivity index (χ1) is 7.88. The van der Waals surface area contributed by atoms with Gasteiger partial charge in [-0.2, -0.15) is 0 Å². The van der Waals surface area contributed by atoms with Crippen LogP contribution < -0.4 is 5.32 Å². The van der Waals surface area contributed by atoms with Gasteiger partial charge in [0.25, 0.3) is 0 Å². The fourth-order valence-corrected chi connectivity index (χ4v) is 3.86. The fraction of sp³-hybridized carbons (Fsp3) is 0.833. The van der Waals surface area contributed by atoms with Gasteiger partial charge < -0.3 is 5.32 Å². The van der Waals surface area contributed by atoms with Crippen molar-refractivity contribution in [3.05, 3.63) is 10.0 Å². The van der Waals surface area contributed by atoms with Gasteiger partial charge in [0.05, 0.1) is 0 Å². The van der Waals surface area contributed by atoms with Gasteiger partial charge in [-0.15, -0.1) is 10.2 Å². The third kappa shape index (κ3) is 1.78. The molecule has 0 spiro atoms. The van der Waals surface area contributed by atoms with E-state index in [1.807, 2.05) is 11.3 Å². The average Bonchev–Trinajstić information content (AvgIpc) is 3.18. The van der Waals surface area contributed by atoms with Crippen molar-refractivity contribution in [3.63, 3.8) is 0 Å². The Morgan fingerprint density at radius 1 is 1.12 bits per heavy atom. The highest BCUT2D eigenvalue weighted by atomic mass is 32.1. The molecule has 4 heteroatoms. The maximum Gasteiger partial charge on any atom is 0.131 e. The number of aromatic nitrogens is 2. The molecule has 3 fully saturated rings. The lowest BCUT2D eigenvalue weighted by atomic mass is 10.1. The Balaban J connectivity index is 1.39. The molecule has 86 valence electrons. The van der Waals surface area contributed by atoms with Gasteiger partial charge in [-0.3, -0.25) is 0 Å². The quantitative estimate of drug-likeness (QED) is 0.870. The SMILES string of the molecule is C(NC1CC1)c1nnc(C2CC3CC3C2)s1. The van der Waals surface area contributed by atoms with Crippen LogP contribution in [0.25, 0.3) is 0 Å². The molecule has 3 saturated carbocycles. The number of nitrogens with zero attached hydrogens (tertiary/aromatic N) is 2. The summed E-state index contributed by atoms with van der Waals surface area (Å²) < 4.78 is 0. The van der Waals surface area contributed by atoms with Gasteiger partial charge in [0.2, 0.25) is 0 Å². The molecule has 0 aliphatic heterocycles. The zero-order chi connectivity index (χ0) is 10.5. The van der Waals surface area contributed by atoms with E-state index in [9.17, 15) is 0 Å². The van der Waals surface area contributed by atoms with Crippen molar-refractivity contribution >= 4 is 11.3 Å². The number of hydrogen-bond acceptors (Lipinski definition) is 4. The van der Waals surface area contributed by atoms with Crippen molar-refractivity contribution < 1.29 is 0 Å². The maximum absolute atomic E-state index is 4.38.